The van der Waals surface area contributed by atoms with Gasteiger partial charge in [-0.2, -0.15) is 0 Å². The summed E-state index contributed by atoms with van der Waals surface area (Å²) < 4.78 is 11.0. The molecule has 4 heteroatoms. The quantitative estimate of drug-likeness (QED) is 0.615. The molecule has 0 aliphatic rings. The molecule has 22 heavy (non-hydrogen) atoms. The summed E-state index contributed by atoms with van der Waals surface area (Å²) in [4.78, 5) is 11.8. The molecule has 1 N–H and O–H groups in total. The molecule has 0 atom stereocenters. The van der Waals surface area contributed by atoms with Crippen molar-refractivity contribution < 1.29 is 14.3 Å². The molecule has 0 saturated carbocycles. The van der Waals surface area contributed by atoms with Crippen molar-refractivity contribution in [1.29, 1.82) is 0 Å². The Bertz CT molecular complexity index is 516. The van der Waals surface area contributed by atoms with Crippen molar-refractivity contribution in [2.75, 3.05) is 13.7 Å². The number of amides is 1. The van der Waals surface area contributed by atoms with Gasteiger partial charge in [-0.3, -0.25) is 4.79 Å². The molecule has 1 aromatic carbocycles. The van der Waals surface area contributed by atoms with Crippen LogP contribution in [0.15, 0.2) is 24.3 Å². The molecule has 0 saturated heterocycles. The Morgan fingerprint density at radius 1 is 1.27 bits per heavy atom. The van der Waals surface area contributed by atoms with Gasteiger partial charge >= 0.3 is 0 Å². The van der Waals surface area contributed by atoms with Crippen molar-refractivity contribution in [3.8, 4) is 11.5 Å². The zero-order valence-corrected chi connectivity index (χ0v) is 14.2. The largest absolute Gasteiger partial charge is 0.493 e. The molecule has 1 aromatic rings. The van der Waals surface area contributed by atoms with E-state index in [0.29, 0.717) is 12.4 Å². The number of ether oxygens (including phenoxy) is 2. The standard InChI is InChI=1S/C18H27NO3/c1-6-7-12-22-15-10-8-14(13-16(15)21-5)9-11-17(20)19-18(2,3)4/h8-11,13H,6-7,12H2,1-5H3,(H,19,20)/b11-9+. The average Bonchev–Trinajstić information content (AvgIpc) is 2.44. The number of nitrogens with one attached hydrogen (secondary N) is 1. The highest BCUT2D eigenvalue weighted by molar-refractivity contribution is 5.92. The Labute approximate surface area is 133 Å². The van der Waals surface area contributed by atoms with Gasteiger partial charge in [0.1, 0.15) is 0 Å². The van der Waals surface area contributed by atoms with Gasteiger partial charge in [-0.05, 0) is 51.0 Å². The predicted molar refractivity (Wildman–Crippen MR) is 90.3 cm³/mol. The molecule has 122 valence electrons. The van der Waals surface area contributed by atoms with Gasteiger partial charge in [0.15, 0.2) is 11.5 Å². The highest BCUT2D eigenvalue weighted by Gasteiger charge is 2.11. The third-order valence-electron chi connectivity index (χ3n) is 2.87. The number of hydrogen-bond donors (Lipinski definition) is 1. The summed E-state index contributed by atoms with van der Waals surface area (Å²) in [7, 11) is 1.61. The maximum Gasteiger partial charge on any atom is 0.244 e. The van der Waals surface area contributed by atoms with E-state index in [0.717, 1.165) is 24.2 Å². The number of unbranched alkanes of at least 4 members (excludes halogenated alkanes) is 1. The zero-order chi connectivity index (χ0) is 16.6. The molecular formula is C18H27NO3. The van der Waals surface area contributed by atoms with E-state index in [9.17, 15) is 4.79 Å². The zero-order valence-electron chi connectivity index (χ0n) is 14.2. The van der Waals surface area contributed by atoms with E-state index in [1.165, 1.54) is 6.08 Å². The number of methoxy groups -OCH3 is 1. The number of hydrogen-bond acceptors (Lipinski definition) is 3. The van der Waals surface area contributed by atoms with Gasteiger partial charge in [0.05, 0.1) is 13.7 Å². The lowest BCUT2D eigenvalue weighted by Gasteiger charge is -2.19. The van der Waals surface area contributed by atoms with E-state index in [2.05, 4.69) is 12.2 Å². The molecule has 0 aromatic heterocycles. The second-order valence-electron chi connectivity index (χ2n) is 6.18. The van der Waals surface area contributed by atoms with Crippen LogP contribution in [-0.2, 0) is 4.79 Å². The minimum absolute atomic E-state index is 0.116. The molecule has 0 fully saturated rings. The SMILES string of the molecule is CCCCOc1ccc(/C=C/C(=O)NC(C)(C)C)cc1OC. The van der Waals surface area contributed by atoms with Crippen LogP contribution in [0.5, 0.6) is 11.5 Å². The van der Waals surface area contributed by atoms with Crippen LogP contribution in [-0.4, -0.2) is 25.2 Å². The molecule has 0 aliphatic carbocycles. The van der Waals surface area contributed by atoms with Gasteiger partial charge in [0.25, 0.3) is 0 Å². The Kier molecular flexibility index (Phi) is 6.96. The number of benzene rings is 1. The van der Waals surface area contributed by atoms with Gasteiger partial charge in [-0.15, -0.1) is 0 Å². The van der Waals surface area contributed by atoms with E-state index in [4.69, 9.17) is 9.47 Å². The lowest BCUT2D eigenvalue weighted by Crippen LogP contribution is -2.39. The lowest BCUT2D eigenvalue weighted by atomic mass is 10.1. The van der Waals surface area contributed by atoms with Crippen molar-refractivity contribution in [1.82, 2.24) is 5.32 Å². The van der Waals surface area contributed by atoms with Crippen LogP contribution in [0.4, 0.5) is 0 Å². The van der Waals surface area contributed by atoms with Crippen molar-refractivity contribution in [2.24, 2.45) is 0 Å². The van der Waals surface area contributed by atoms with Gasteiger partial charge in [-0.1, -0.05) is 19.4 Å². The molecule has 0 spiro atoms. The summed E-state index contributed by atoms with van der Waals surface area (Å²) in [6, 6.07) is 5.64. The summed E-state index contributed by atoms with van der Waals surface area (Å²) >= 11 is 0. The lowest BCUT2D eigenvalue weighted by molar-refractivity contribution is -0.117. The van der Waals surface area contributed by atoms with Gasteiger partial charge in [0, 0.05) is 11.6 Å². The molecule has 1 rings (SSSR count). The highest BCUT2D eigenvalue weighted by atomic mass is 16.5. The van der Waals surface area contributed by atoms with Crippen LogP contribution in [0, 0.1) is 0 Å². The molecule has 0 radical (unpaired) electrons. The van der Waals surface area contributed by atoms with Crippen molar-refractivity contribution >= 4 is 12.0 Å². The van der Waals surface area contributed by atoms with Crippen molar-refractivity contribution in [2.45, 2.75) is 46.1 Å². The Morgan fingerprint density at radius 3 is 2.59 bits per heavy atom. The first-order chi connectivity index (χ1) is 10.4. The summed E-state index contributed by atoms with van der Waals surface area (Å²) in [6.07, 6.45) is 5.39. The smallest absolute Gasteiger partial charge is 0.244 e. The van der Waals surface area contributed by atoms with Gasteiger partial charge in [0.2, 0.25) is 5.91 Å². The molecule has 0 aliphatic heterocycles. The van der Waals surface area contributed by atoms with E-state index in [1.54, 1.807) is 13.2 Å². The minimum atomic E-state index is -0.240. The Morgan fingerprint density at radius 2 is 2.00 bits per heavy atom. The van der Waals surface area contributed by atoms with Crippen molar-refractivity contribution in [3.05, 3.63) is 29.8 Å². The summed E-state index contributed by atoms with van der Waals surface area (Å²) in [5.41, 5.74) is 0.652. The maximum atomic E-state index is 11.8. The van der Waals surface area contributed by atoms with Crippen LogP contribution in [0.1, 0.15) is 46.1 Å². The summed E-state index contributed by atoms with van der Waals surface area (Å²) in [5, 5.41) is 2.88. The van der Waals surface area contributed by atoms with Gasteiger partial charge < -0.3 is 14.8 Å². The first-order valence-electron chi connectivity index (χ1n) is 7.67. The van der Waals surface area contributed by atoms with Crippen LogP contribution >= 0.6 is 0 Å². The molecule has 4 nitrogen and oxygen atoms in total. The first kappa shape index (κ1) is 18.1. The fourth-order valence-corrected chi connectivity index (χ4v) is 1.82. The van der Waals surface area contributed by atoms with Crippen molar-refractivity contribution in [3.63, 3.8) is 0 Å². The molecule has 0 bridgehead atoms. The molecule has 0 heterocycles. The third-order valence-corrected chi connectivity index (χ3v) is 2.87. The van der Waals surface area contributed by atoms with E-state index >= 15 is 0 Å². The van der Waals surface area contributed by atoms with Crippen LogP contribution in [0.25, 0.3) is 6.08 Å². The number of carbonyl (C=O) groups excluding carboxylic acids is 1. The van der Waals surface area contributed by atoms with Crippen LogP contribution in [0.2, 0.25) is 0 Å². The monoisotopic (exact) mass is 305 g/mol. The topological polar surface area (TPSA) is 47.6 Å². The Hall–Kier alpha value is -1.97. The Balaban J connectivity index is 2.74. The molecular weight excluding hydrogens is 278 g/mol. The maximum absolute atomic E-state index is 11.8. The minimum Gasteiger partial charge on any atom is -0.493 e. The highest BCUT2D eigenvalue weighted by Crippen LogP contribution is 2.28. The van der Waals surface area contributed by atoms with Crippen LogP contribution < -0.4 is 14.8 Å². The van der Waals surface area contributed by atoms with Crippen LogP contribution in [0.3, 0.4) is 0 Å². The predicted octanol–water partition coefficient (Wildman–Crippen LogP) is 3.80. The number of rotatable bonds is 7. The van der Waals surface area contributed by atoms with E-state index in [-0.39, 0.29) is 11.4 Å². The summed E-state index contributed by atoms with van der Waals surface area (Å²) in [6.45, 7) is 8.64. The average molecular weight is 305 g/mol. The summed E-state index contributed by atoms with van der Waals surface area (Å²) in [5.74, 6) is 1.29. The van der Waals surface area contributed by atoms with E-state index in [1.807, 2.05) is 39.0 Å². The number of carbonyl (C=O) groups is 1. The second-order valence-corrected chi connectivity index (χ2v) is 6.18. The van der Waals surface area contributed by atoms with Gasteiger partial charge in [-0.25, -0.2) is 0 Å². The van der Waals surface area contributed by atoms with E-state index < -0.39 is 0 Å². The fraction of sp³-hybridized carbons (Fsp3) is 0.500. The third kappa shape index (κ3) is 6.66. The fourth-order valence-electron chi connectivity index (χ4n) is 1.82. The normalized spacial score (nSPS) is 11.5. The molecule has 0 unspecified atom stereocenters. The first-order valence-corrected chi connectivity index (χ1v) is 7.67. The second kappa shape index (κ2) is 8.47. The molecule has 1 amide bonds.